The molecule has 0 radical (unpaired) electrons. The maximum absolute atomic E-state index is 12.8. The van der Waals surface area contributed by atoms with Crippen LogP contribution in [0.1, 0.15) is 41.2 Å². The molecule has 0 aliphatic rings. The molecule has 1 amide bonds. The number of rotatable bonds is 7. The summed E-state index contributed by atoms with van der Waals surface area (Å²) in [6.45, 7) is 8.03. The molecule has 0 saturated heterocycles. The average Bonchev–Trinajstić information content (AvgIpc) is 3.02. The summed E-state index contributed by atoms with van der Waals surface area (Å²) >= 11 is 0. The van der Waals surface area contributed by atoms with Crippen LogP contribution in [0.2, 0.25) is 0 Å². The van der Waals surface area contributed by atoms with Crippen LogP contribution in [0.3, 0.4) is 0 Å². The Labute approximate surface area is 177 Å². The van der Waals surface area contributed by atoms with E-state index in [1.807, 2.05) is 67.7 Å². The van der Waals surface area contributed by atoms with Crippen molar-refractivity contribution in [1.82, 2.24) is 14.7 Å². The highest BCUT2D eigenvalue weighted by Gasteiger charge is 2.22. The maximum Gasteiger partial charge on any atom is 0.241 e. The van der Waals surface area contributed by atoms with Gasteiger partial charge in [-0.3, -0.25) is 14.5 Å². The van der Waals surface area contributed by atoms with Crippen LogP contribution in [0.4, 0.5) is 5.69 Å². The van der Waals surface area contributed by atoms with Gasteiger partial charge >= 0.3 is 0 Å². The molecule has 6 heteroatoms. The van der Waals surface area contributed by atoms with Crippen LogP contribution in [-0.4, -0.2) is 39.5 Å². The second-order valence-corrected chi connectivity index (χ2v) is 7.61. The Balaban J connectivity index is 1.72. The van der Waals surface area contributed by atoms with E-state index in [2.05, 4.69) is 10.4 Å². The lowest BCUT2D eigenvalue weighted by atomic mass is 10.1. The predicted octanol–water partition coefficient (Wildman–Crippen LogP) is 4.15. The molecule has 0 saturated carbocycles. The van der Waals surface area contributed by atoms with Crippen LogP contribution in [0.15, 0.2) is 54.6 Å². The van der Waals surface area contributed by atoms with Gasteiger partial charge in [0.15, 0.2) is 5.78 Å². The zero-order valence-corrected chi connectivity index (χ0v) is 18.1. The molecule has 0 spiro atoms. The number of carbonyl (C=O) groups is 2. The molecule has 1 atom stereocenters. The van der Waals surface area contributed by atoms with Crippen LogP contribution in [-0.2, 0) is 11.3 Å². The van der Waals surface area contributed by atoms with Gasteiger partial charge in [-0.1, -0.05) is 30.3 Å². The van der Waals surface area contributed by atoms with E-state index in [9.17, 15) is 9.59 Å². The lowest BCUT2D eigenvalue weighted by Crippen LogP contribution is -2.39. The second-order valence-electron chi connectivity index (χ2n) is 7.61. The molecule has 6 nitrogen and oxygen atoms in total. The number of ketones is 1. The molecule has 30 heavy (non-hydrogen) atoms. The summed E-state index contributed by atoms with van der Waals surface area (Å²) in [5.74, 6) is -0.151. The Morgan fingerprint density at radius 1 is 1.10 bits per heavy atom. The number of likely N-dealkylation sites (N-methyl/N-ethyl adjacent to an activating group) is 1. The summed E-state index contributed by atoms with van der Waals surface area (Å²) in [6.07, 6.45) is 0. The second kappa shape index (κ2) is 9.05. The highest BCUT2D eigenvalue weighted by atomic mass is 16.2. The van der Waals surface area contributed by atoms with Gasteiger partial charge < -0.3 is 5.32 Å². The molecule has 3 rings (SSSR count). The first-order valence-electron chi connectivity index (χ1n) is 10.0. The first kappa shape index (κ1) is 21.5. The van der Waals surface area contributed by atoms with Crippen molar-refractivity contribution in [2.45, 2.75) is 40.3 Å². The van der Waals surface area contributed by atoms with Gasteiger partial charge in [-0.15, -0.1) is 0 Å². The first-order chi connectivity index (χ1) is 14.3. The number of benzene rings is 2. The molecule has 0 aliphatic heterocycles. The number of nitrogens with one attached hydrogen (secondary N) is 1. The van der Waals surface area contributed by atoms with Gasteiger partial charge in [-0.25, -0.2) is 4.68 Å². The van der Waals surface area contributed by atoms with E-state index in [-0.39, 0.29) is 17.7 Å². The fourth-order valence-corrected chi connectivity index (χ4v) is 3.37. The van der Waals surface area contributed by atoms with Crippen LogP contribution in [0, 0.1) is 13.8 Å². The number of hydrogen-bond donors (Lipinski definition) is 1. The smallest absolute Gasteiger partial charge is 0.241 e. The van der Waals surface area contributed by atoms with Crippen molar-refractivity contribution < 1.29 is 9.59 Å². The lowest BCUT2D eigenvalue weighted by molar-refractivity contribution is -0.120. The fraction of sp³-hybridized carbons (Fsp3) is 0.292. The third-order valence-corrected chi connectivity index (χ3v) is 5.43. The van der Waals surface area contributed by atoms with Crippen molar-refractivity contribution in [2.24, 2.45) is 0 Å². The van der Waals surface area contributed by atoms with Gasteiger partial charge in [-0.05, 0) is 59.0 Å². The Bertz CT molecular complexity index is 1060. The predicted molar refractivity (Wildman–Crippen MR) is 119 cm³/mol. The monoisotopic (exact) mass is 404 g/mol. The van der Waals surface area contributed by atoms with E-state index in [1.165, 1.54) is 6.92 Å². The number of aryl methyl sites for hydroxylation is 1. The van der Waals surface area contributed by atoms with Crippen LogP contribution >= 0.6 is 0 Å². The Morgan fingerprint density at radius 3 is 2.47 bits per heavy atom. The highest BCUT2D eigenvalue weighted by molar-refractivity contribution is 5.98. The quantitative estimate of drug-likeness (QED) is 0.601. The summed E-state index contributed by atoms with van der Waals surface area (Å²) in [7, 11) is 1.93. The molecule has 0 aliphatic carbocycles. The van der Waals surface area contributed by atoms with Gasteiger partial charge in [0, 0.05) is 29.1 Å². The van der Waals surface area contributed by atoms with E-state index < -0.39 is 0 Å². The molecule has 1 aromatic heterocycles. The van der Waals surface area contributed by atoms with E-state index in [4.69, 9.17) is 0 Å². The molecule has 0 fully saturated rings. The van der Waals surface area contributed by atoms with Crippen LogP contribution in [0.5, 0.6) is 0 Å². The normalized spacial score (nSPS) is 12.1. The molecule has 156 valence electrons. The number of nitrogens with zero attached hydrogens (tertiary/aromatic N) is 3. The topological polar surface area (TPSA) is 67.2 Å². The van der Waals surface area contributed by atoms with Crippen LogP contribution in [0.25, 0.3) is 5.69 Å². The van der Waals surface area contributed by atoms with Crippen molar-refractivity contribution in [3.63, 3.8) is 0 Å². The minimum Gasteiger partial charge on any atom is -0.325 e. The lowest BCUT2D eigenvalue weighted by Gasteiger charge is -2.24. The highest BCUT2D eigenvalue weighted by Crippen LogP contribution is 2.20. The minimum atomic E-state index is -0.357. The van der Waals surface area contributed by atoms with Crippen molar-refractivity contribution in [1.29, 1.82) is 0 Å². The Kier molecular flexibility index (Phi) is 6.47. The number of carbonyl (C=O) groups excluding carboxylic acids is 2. The van der Waals surface area contributed by atoms with Gasteiger partial charge in [0.25, 0.3) is 0 Å². The molecule has 1 heterocycles. The first-order valence-corrected chi connectivity index (χ1v) is 10.0. The van der Waals surface area contributed by atoms with Gasteiger partial charge in [0.05, 0.1) is 17.4 Å². The molecule has 1 N–H and O–H groups in total. The van der Waals surface area contributed by atoms with E-state index in [1.54, 1.807) is 24.3 Å². The number of hydrogen-bond acceptors (Lipinski definition) is 4. The molecule has 3 aromatic rings. The summed E-state index contributed by atoms with van der Waals surface area (Å²) in [5, 5.41) is 7.60. The SMILES string of the molecule is CC(=O)c1cccc(NC(=O)[C@H](C)N(C)Cc2c(C)nn(-c3ccccc3)c2C)c1. The van der Waals surface area contributed by atoms with Crippen molar-refractivity contribution >= 4 is 17.4 Å². The summed E-state index contributed by atoms with van der Waals surface area (Å²) < 4.78 is 1.94. The largest absolute Gasteiger partial charge is 0.325 e. The third-order valence-electron chi connectivity index (χ3n) is 5.43. The van der Waals surface area contributed by atoms with Crippen molar-refractivity contribution in [2.75, 3.05) is 12.4 Å². The van der Waals surface area contributed by atoms with Gasteiger partial charge in [0.1, 0.15) is 0 Å². The number of anilines is 1. The van der Waals surface area contributed by atoms with Crippen molar-refractivity contribution in [3.8, 4) is 5.69 Å². The molecular formula is C24H28N4O2. The van der Waals surface area contributed by atoms with E-state index in [0.717, 1.165) is 22.6 Å². The number of aromatic nitrogens is 2. The number of Topliss-reactive ketones (excluding diaryl/α,β-unsaturated/α-hetero) is 1. The summed E-state index contributed by atoms with van der Waals surface area (Å²) in [6, 6.07) is 16.7. The standard InChI is InChI=1S/C24H28N4O2/c1-16-23(17(2)28(26-16)22-12-7-6-8-13-22)15-27(5)18(3)24(30)25-21-11-9-10-20(14-21)19(4)29/h6-14,18H,15H2,1-5H3,(H,25,30)/t18-/m0/s1. The number of amides is 1. The van der Waals surface area contributed by atoms with Crippen molar-refractivity contribution in [3.05, 3.63) is 77.1 Å². The maximum atomic E-state index is 12.8. The Morgan fingerprint density at radius 2 is 1.80 bits per heavy atom. The zero-order valence-electron chi connectivity index (χ0n) is 18.1. The van der Waals surface area contributed by atoms with Gasteiger partial charge in [-0.2, -0.15) is 5.10 Å². The van der Waals surface area contributed by atoms with Crippen LogP contribution < -0.4 is 5.32 Å². The molecule has 2 aromatic carbocycles. The molecule has 0 bridgehead atoms. The molecular weight excluding hydrogens is 376 g/mol. The zero-order chi connectivity index (χ0) is 21.8. The van der Waals surface area contributed by atoms with E-state index >= 15 is 0 Å². The Hall–Kier alpha value is -3.25. The van der Waals surface area contributed by atoms with E-state index in [0.29, 0.717) is 17.8 Å². The molecule has 0 unspecified atom stereocenters. The number of para-hydroxylation sites is 1. The average molecular weight is 405 g/mol. The minimum absolute atomic E-state index is 0.0300. The summed E-state index contributed by atoms with van der Waals surface area (Å²) in [5.41, 5.74) is 5.34. The fourth-order valence-electron chi connectivity index (χ4n) is 3.37. The summed E-state index contributed by atoms with van der Waals surface area (Å²) in [4.78, 5) is 26.3. The van der Waals surface area contributed by atoms with Gasteiger partial charge in [0.2, 0.25) is 5.91 Å². The third kappa shape index (κ3) is 4.66.